The Balaban J connectivity index is 1.78. The van der Waals surface area contributed by atoms with E-state index in [2.05, 4.69) is 13.0 Å². The Morgan fingerprint density at radius 1 is 1.48 bits per heavy atom. The van der Waals surface area contributed by atoms with E-state index in [1.165, 1.54) is 10.5 Å². The molecule has 4 nitrogen and oxygen atoms in total. The highest BCUT2D eigenvalue weighted by Gasteiger charge is 2.29. The standard InChI is InChI=1S/C16H19NO3S/c1-11-3-4-13-14(7-11)21-6-2-5-17(13)15(18)8-12-9-16(19)20-10-12/h3-4,7,12H,2,5-6,8-10H2,1H3/t12-/m1/s1. The van der Waals surface area contributed by atoms with Crippen LogP contribution in [0.2, 0.25) is 0 Å². The van der Waals surface area contributed by atoms with Crippen LogP contribution in [0.5, 0.6) is 0 Å². The fraction of sp³-hybridized carbons (Fsp3) is 0.500. The molecule has 1 amide bonds. The average molecular weight is 305 g/mol. The summed E-state index contributed by atoms with van der Waals surface area (Å²) in [7, 11) is 0. The maximum absolute atomic E-state index is 12.6. The number of thioether (sulfide) groups is 1. The predicted molar refractivity (Wildman–Crippen MR) is 82.6 cm³/mol. The van der Waals surface area contributed by atoms with Gasteiger partial charge in [0.05, 0.1) is 18.7 Å². The molecule has 0 unspecified atom stereocenters. The zero-order valence-electron chi connectivity index (χ0n) is 12.1. The molecule has 0 radical (unpaired) electrons. The minimum Gasteiger partial charge on any atom is -0.465 e. The average Bonchev–Trinajstić information content (AvgIpc) is 2.73. The molecule has 1 saturated heterocycles. The molecule has 21 heavy (non-hydrogen) atoms. The SMILES string of the molecule is Cc1ccc2c(c1)SCCCN2C(=O)C[C@H]1COC(=O)C1. The number of benzene rings is 1. The maximum Gasteiger partial charge on any atom is 0.306 e. The number of carbonyl (C=O) groups is 2. The minimum absolute atomic E-state index is 0.0369. The normalized spacial score (nSPS) is 21.7. The predicted octanol–water partition coefficient (Wildman–Crippen LogP) is 2.78. The Hall–Kier alpha value is -1.49. The van der Waals surface area contributed by atoms with Crippen LogP contribution in [-0.2, 0) is 14.3 Å². The molecule has 2 aliphatic heterocycles. The number of esters is 1. The van der Waals surface area contributed by atoms with Crippen LogP contribution in [-0.4, -0.2) is 30.8 Å². The lowest BCUT2D eigenvalue weighted by Crippen LogP contribution is -2.33. The number of hydrogen-bond donors (Lipinski definition) is 0. The van der Waals surface area contributed by atoms with Gasteiger partial charge in [-0.05, 0) is 36.8 Å². The molecule has 0 aromatic heterocycles. The Bertz CT molecular complexity index is 573. The molecule has 3 rings (SSSR count). The lowest BCUT2D eigenvalue weighted by molar-refractivity contribution is -0.138. The van der Waals surface area contributed by atoms with Crippen molar-refractivity contribution in [2.45, 2.75) is 31.1 Å². The molecule has 2 aliphatic rings. The van der Waals surface area contributed by atoms with Crippen molar-refractivity contribution in [1.82, 2.24) is 0 Å². The van der Waals surface area contributed by atoms with Crippen molar-refractivity contribution in [2.75, 3.05) is 23.8 Å². The number of hydrogen-bond acceptors (Lipinski definition) is 4. The van der Waals surface area contributed by atoms with Crippen LogP contribution < -0.4 is 4.90 Å². The summed E-state index contributed by atoms with van der Waals surface area (Å²) < 4.78 is 4.95. The molecule has 0 bridgehead atoms. The third-order valence-electron chi connectivity index (χ3n) is 3.89. The van der Waals surface area contributed by atoms with Crippen LogP contribution >= 0.6 is 11.8 Å². The number of aryl methyl sites for hydroxylation is 1. The number of ether oxygens (including phenoxy) is 1. The third-order valence-corrected chi connectivity index (χ3v) is 5.02. The zero-order chi connectivity index (χ0) is 14.8. The van der Waals surface area contributed by atoms with Crippen LogP contribution in [0.4, 0.5) is 5.69 Å². The summed E-state index contributed by atoms with van der Waals surface area (Å²) in [6, 6.07) is 6.23. The zero-order valence-corrected chi connectivity index (χ0v) is 12.9. The van der Waals surface area contributed by atoms with Crippen LogP contribution in [0.15, 0.2) is 23.1 Å². The van der Waals surface area contributed by atoms with Gasteiger partial charge < -0.3 is 9.64 Å². The number of carbonyl (C=O) groups excluding carboxylic acids is 2. The van der Waals surface area contributed by atoms with E-state index in [9.17, 15) is 9.59 Å². The van der Waals surface area contributed by atoms with Crippen molar-refractivity contribution in [3.8, 4) is 0 Å². The van der Waals surface area contributed by atoms with Crippen LogP contribution in [0.3, 0.4) is 0 Å². The molecule has 0 saturated carbocycles. The first-order valence-electron chi connectivity index (χ1n) is 7.33. The number of rotatable bonds is 2. The van der Waals surface area contributed by atoms with Gasteiger partial charge in [-0.15, -0.1) is 11.8 Å². The number of cyclic esters (lactones) is 1. The second kappa shape index (κ2) is 6.10. The Morgan fingerprint density at radius 3 is 3.10 bits per heavy atom. The van der Waals surface area contributed by atoms with Gasteiger partial charge in [-0.25, -0.2) is 0 Å². The second-order valence-corrected chi connectivity index (χ2v) is 6.81. The molecule has 1 fully saturated rings. The monoisotopic (exact) mass is 305 g/mol. The summed E-state index contributed by atoms with van der Waals surface area (Å²) in [6.45, 7) is 3.21. The molecular formula is C16H19NO3S. The van der Waals surface area contributed by atoms with Crippen molar-refractivity contribution in [2.24, 2.45) is 5.92 Å². The molecule has 5 heteroatoms. The van der Waals surface area contributed by atoms with Gasteiger partial charge in [-0.3, -0.25) is 9.59 Å². The van der Waals surface area contributed by atoms with E-state index in [0.717, 1.165) is 24.4 Å². The van der Waals surface area contributed by atoms with Gasteiger partial charge in [0.1, 0.15) is 0 Å². The lowest BCUT2D eigenvalue weighted by Gasteiger charge is -2.23. The van der Waals surface area contributed by atoms with Crippen molar-refractivity contribution < 1.29 is 14.3 Å². The molecule has 1 aromatic carbocycles. The molecular weight excluding hydrogens is 286 g/mol. The lowest BCUT2D eigenvalue weighted by atomic mass is 10.0. The highest BCUT2D eigenvalue weighted by molar-refractivity contribution is 7.99. The molecule has 1 atom stereocenters. The van der Waals surface area contributed by atoms with Gasteiger partial charge in [0, 0.05) is 23.8 Å². The summed E-state index contributed by atoms with van der Waals surface area (Å²) in [5.41, 5.74) is 2.23. The van der Waals surface area contributed by atoms with E-state index in [1.54, 1.807) is 0 Å². The van der Waals surface area contributed by atoms with E-state index in [-0.39, 0.29) is 17.8 Å². The number of fused-ring (bicyclic) bond motifs is 1. The number of nitrogens with zero attached hydrogens (tertiary/aromatic N) is 1. The quantitative estimate of drug-likeness (QED) is 0.788. The van der Waals surface area contributed by atoms with E-state index in [1.807, 2.05) is 28.8 Å². The summed E-state index contributed by atoms with van der Waals surface area (Å²) in [5, 5.41) is 0. The smallest absolute Gasteiger partial charge is 0.306 e. The van der Waals surface area contributed by atoms with E-state index < -0.39 is 0 Å². The van der Waals surface area contributed by atoms with E-state index in [0.29, 0.717) is 19.4 Å². The van der Waals surface area contributed by atoms with Gasteiger partial charge >= 0.3 is 5.97 Å². The van der Waals surface area contributed by atoms with Crippen LogP contribution in [0.25, 0.3) is 0 Å². The molecule has 0 spiro atoms. The van der Waals surface area contributed by atoms with Crippen LogP contribution in [0, 0.1) is 12.8 Å². The largest absolute Gasteiger partial charge is 0.465 e. The van der Waals surface area contributed by atoms with Crippen molar-refractivity contribution in [1.29, 1.82) is 0 Å². The van der Waals surface area contributed by atoms with E-state index in [4.69, 9.17) is 4.74 Å². The van der Waals surface area contributed by atoms with Gasteiger partial charge in [0.2, 0.25) is 5.91 Å². The molecule has 2 heterocycles. The fourth-order valence-corrected chi connectivity index (χ4v) is 3.89. The molecule has 1 aromatic rings. The minimum atomic E-state index is -0.185. The summed E-state index contributed by atoms with van der Waals surface area (Å²) in [6.07, 6.45) is 1.75. The summed E-state index contributed by atoms with van der Waals surface area (Å²) in [5.74, 6) is 0.988. The van der Waals surface area contributed by atoms with Gasteiger partial charge in [0.25, 0.3) is 0 Å². The first-order chi connectivity index (χ1) is 10.1. The van der Waals surface area contributed by atoms with E-state index >= 15 is 0 Å². The van der Waals surface area contributed by atoms with Gasteiger partial charge in [-0.1, -0.05) is 6.07 Å². The highest BCUT2D eigenvalue weighted by Crippen LogP contribution is 2.35. The van der Waals surface area contributed by atoms with Crippen molar-refractivity contribution in [3.05, 3.63) is 23.8 Å². The first kappa shape index (κ1) is 14.4. The molecule has 0 aliphatic carbocycles. The molecule has 0 N–H and O–H groups in total. The molecule has 112 valence electrons. The Labute approximate surface area is 128 Å². The second-order valence-electron chi connectivity index (χ2n) is 5.68. The fourth-order valence-electron chi connectivity index (χ4n) is 2.80. The highest BCUT2D eigenvalue weighted by atomic mass is 32.2. The van der Waals surface area contributed by atoms with Crippen LogP contribution in [0.1, 0.15) is 24.8 Å². The topological polar surface area (TPSA) is 46.6 Å². The van der Waals surface area contributed by atoms with Gasteiger partial charge in [-0.2, -0.15) is 0 Å². The Kier molecular flexibility index (Phi) is 4.19. The third kappa shape index (κ3) is 3.23. The summed E-state index contributed by atoms with van der Waals surface area (Å²) in [4.78, 5) is 26.8. The Morgan fingerprint density at radius 2 is 2.33 bits per heavy atom. The maximum atomic E-state index is 12.6. The van der Waals surface area contributed by atoms with Gasteiger partial charge in [0.15, 0.2) is 0 Å². The number of anilines is 1. The summed E-state index contributed by atoms with van der Waals surface area (Å²) >= 11 is 1.82. The number of amides is 1. The first-order valence-corrected chi connectivity index (χ1v) is 8.31. The van der Waals surface area contributed by atoms with Crippen molar-refractivity contribution >= 4 is 29.3 Å². The van der Waals surface area contributed by atoms with Crippen molar-refractivity contribution in [3.63, 3.8) is 0 Å².